The molecule has 0 saturated heterocycles. The Bertz CT molecular complexity index is 182. The number of unbranched alkanes of at least 4 members (excludes halogenated alkanes) is 1. The molecule has 16 heavy (non-hydrogen) atoms. The maximum atomic E-state index is 9.19. The molecule has 1 aliphatic carbocycles. The summed E-state index contributed by atoms with van der Waals surface area (Å²) in [6, 6.07) is 0.806. The highest BCUT2D eigenvalue weighted by molar-refractivity contribution is 4.79. The molecule has 0 radical (unpaired) electrons. The summed E-state index contributed by atoms with van der Waals surface area (Å²) in [5, 5.41) is 9.19. The standard InChI is InChI=1S/C14H29NO/c1-12-8-4-5-10-14(12)15(3)11-7-6-9-13(2)16/h12-14,16H,4-11H2,1-3H3. The van der Waals surface area contributed by atoms with Gasteiger partial charge in [-0.2, -0.15) is 0 Å². The van der Waals surface area contributed by atoms with E-state index in [1.165, 1.54) is 38.6 Å². The zero-order valence-electron chi connectivity index (χ0n) is 11.3. The second-order valence-electron chi connectivity index (χ2n) is 5.65. The van der Waals surface area contributed by atoms with Crippen LogP contribution in [0.25, 0.3) is 0 Å². The third kappa shape index (κ3) is 4.84. The molecule has 2 nitrogen and oxygen atoms in total. The lowest BCUT2D eigenvalue weighted by Gasteiger charge is -2.36. The molecule has 96 valence electrons. The second kappa shape index (κ2) is 7.29. The minimum atomic E-state index is -0.126. The fourth-order valence-electron chi connectivity index (χ4n) is 2.92. The van der Waals surface area contributed by atoms with Crippen molar-refractivity contribution < 1.29 is 5.11 Å². The predicted molar refractivity (Wildman–Crippen MR) is 69.6 cm³/mol. The van der Waals surface area contributed by atoms with Crippen LogP contribution in [0.1, 0.15) is 58.8 Å². The molecule has 1 fully saturated rings. The van der Waals surface area contributed by atoms with Crippen LogP contribution in [0.5, 0.6) is 0 Å². The lowest BCUT2D eigenvalue weighted by molar-refractivity contribution is 0.133. The molecular formula is C14H29NO. The van der Waals surface area contributed by atoms with E-state index in [4.69, 9.17) is 0 Å². The monoisotopic (exact) mass is 227 g/mol. The van der Waals surface area contributed by atoms with Crippen LogP contribution in [0, 0.1) is 5.92 Å². The summed E-state index contributed by atoms with van der Waals surface area (Å²) >= 11 is 0. The lowest BCUT2D eigenvalue weighted by atomic mass is 9.85. The molecule has 0 aromatic rings. The van der Waals surface area contributed by atoms with Crippen molar-refractivity contribution >= 4 is 0 Å². The first-order valence-electron chi connectivity index (χ1n) is 6.99. The normalized spacial score (nSPS) is 28.3. The zero-order valence-corrected chi connectivity index (χ0v) is 11.3. The fourth-order valence-corrected chi connectivity index (χ4v) is 2.92. The lowest BCUT2D eigenvalue weighted by Crippen LogP contribution is -2.39. The molecule has 0 aliphatic heterocycles. The van der Waals surface area contributed by atoms with E-state index in [9.17, 15) is 5.11 Å². The van der Waals surface area contributed by atoms with Gasteiger partial charge in [0, 0.05) is 6.04 Å². The zero-order chi connectivity index (χ0) is 12.0. The van der Waals surface area contributed by atoms with Gasteiger partial charge in [0.15, 0.2) is 0 Å². The summed E-state index contributed by atoms with van der Waals surface area (Å²) in [5.74, 6) is 0.871. The van der Waals surface area contributed by atoms with Crippen molar-refractivity contribution in [1.29, 1.82) is 0 Å². The van der Waals surface area contributed by atoms with E-state index in [0.29, 0.717) is 0 Å². The molecule has 0 aromatic carbocycles. The molecule has 3 atom stereocenters. The Morgan fingerprint density at radius 1 is 1.25 bits per heavy atom. The van der Waals surface area contributed by atoms with Crippen molar-refractivity contribution in [2.24, 2.45) is 5.92 Å². The van der Waals surface area contributed by atoms with Gasteiger partial charge in [-0.15, -0.1) is 0 Å². The number of hydrogen-bond acceptors (Lipinski definition) is 2. The number of nitrogens with zero attached hydrogens (tertiary/aromatic N) is 1. The highest BCUT2D eigenvalue weighted by Gasteiger charge is 2.24. The van der Waals surface area contributed by atoms with E-state index in [0.717, 1.165) is 24.8 Å². The van der Waals surface area contributed by atoms with Gasteiger partial charge in [-0.3, -0.25) is 0 Å². The Labute approximate surface area is 101 Å². The minimum Gasteiger partial charge on any atom is -0.393 e. The Kier molecular flexibility index (Phi) is 6.37. The fraction of sp³-hybridized carbons (Fsp3) is 1.00. The molecule has 0 aromatic heterocycles. The number of rotatable bonds is 6. The maximum Gasteiger partial charge on any atom is 0.0512 e. The van der Waals surface area contributed by atoms with Crippen molar-refractivity contribution in [3.63, 3.8) is 0 Å². The quantitative estimate of drug-likeness (QED) is 0.705. The summed E-state index contributed by atoms with van der Waals surface area (Å²) < 4.78 is 0. The Balaban J connectivity index is 2.15. The summed E-state index contributed by atoms with van der Waals surface area (Å²) in [6.45, 7) is 5.48. The molecule has 0 bridgehead atoms. The van der Waals surface area contributed by atoms with Crippen molar-refractivity contribution in [2.75, 3.05) is 13.6 Å². The topological polar surface area (TPSA) is 23.5 Å². The third-order valence-electron chi connectivity index (χ3n) is 4.02. The summed E-state index contributed by atoms with van der Waals surface area (Å²) in [4.78, 5) is 2.55. The predicted octanol–water partition coefficient (Wildman–Crippen LogP) is 3.05. The van der Waals surface area contributed by atoms with E-state index >= 15 is 0 Å². The molecule has 1 aliphatic rings. The van der Waals surface area contributed by atoms with E-state index in [2.05, 4.69) is 18.9 Å². The molecular weight excluding hydrogens is 198 g/mol. The van der Waals surface area contributed by atoms with E-state index < -0.39 is 0 Å². The van der Waals surface area contributed by atoms with Gasteiger partial charge in [0.05, 0.1) is 6.10 Å². The van der Waals surface area contributed by atoms with Crippen LogP contribution in [-0.4, -0.2) is 35.7 Å². The molecule has 3 unspecified atom stereocenters. The van der Waals surface area contributed by atoms with Crippen LogP contribution < -0.4 is 0 Å². The van der Waals surface area contributed by atoms with Gasteiger partial charge in [0.1, 0.15) is 0 Å². The van der Waals surface area contributed by atoms with Gasteiger partial charge in [-0.1, -0.05) is 19.8 Å². The molecule has 0 heterocycles. The first-order chi connectivity index (χ1) is 7.61. The van der Waals surface area contributed by atoms with E-state index in [-0.39, 0.29) is 6.10 Å². The number of aliphatic hydroxyl groups is 1. The van der Waals surface area contributed by atoms with Gasteiger partial charge >= 0.3 is 0 Å². The van der Waals surface area contributed by atoms with Crippen LogP contribution in [0.4, 0.5) is 0 Å². The third-order valence-corrected chi connectivity index (χ3v) is 4.02. The average molecular weight is 227 g/mol. The highest BCUT2D eigenvalue weighted by atomic mass is 16.3. The van der Waals surface area contributed by atoms with Crippen molar-refractivity contribution in [3.05, 3.63) is 0 Å². The van der Waals surface area contributed by atoms with Gasteiger partial charge in [-0.25, -0.2) is 0 Å². The summed E-state index contributed by atoms with van der Waals surface area (Å²) in [5.41, 5.74) is 0. The van der Waals surface area contributed by atoms with Crippen LogP contribution in [0.2, 0.25) is 0 Å². The van der Waals surface area contributed by atoms with Crippen molar-refractivity contribution in [3.8, 4) is 0 Å². The number of hydrogen-bond donors (Lipinski definition) is 1. The molecule has 1 saturated carbocycles. The van der Waals surface area contributed by atoms with Gasteiger partial charge in [0.25, 0.3) is 0 Å². The molecule has 1 rings (SSSR count). The Hall–Kier alpha value is -0.0800. The van der Waals surface area contributed by atoms with Crippen LogP contribution in [-0.2, 0) is 0 Å². The van der Waals surface area contributed by atoms with Crippen molar-refractivity contribution in [1.82, 2.24) is 4.90 Å². The van der Waals surface area contributed by atoms with Crippen LogP contribution in [0.3, 0.4) is 0 Å². The second-order valence-corrected chi connectivity index (χ2v) is 5.65. The largest absolute Gasteiger partial charge is 0.393 e. The maximum absolute atomic E-state index is 9.19. The SMILES string of the molecule is CC(O)CCCCN(C)C1CCCCC1C. The van der Waals surface area contributed by atoms with E-state index in [1.54, 1.807) is 0 Å². The summed E-state index contributed by atoms with van der Waals surface area (Å²) in [7, 11) is 2.27. The molecule has 1 N–H and O–H groups in total. The number of aliphatic hydroxyl groups excluding tert-OH is 1. The first kappa shape index (κ1) is 14.0. The van der Waals surface area contributed by atoms with Gasteiger partial charge in [0.2, 0.25) is 0 Å². The highest BCUT2D eigenvalue weighted by Crippen LogP contribution is 2.27. The Morgan fingerprint density at radius 3 is 2.56 bits per heavy atom. The Morgan fingerprint density at radius 2 is 1.94 bits per heavy atom. The molecule has 2 heteroatoms. The van der Waals surface area contributed by atoms with Crippen LogP contribution in [0.15, 0.2) is 0 Å². The molecule has 0 spiro atoms. The average Bonchev–Trinajstić information content (AvgIpc) is 2.24. The smallest absolute Gasteiger partial charge is 0.0512 e. The first-order valence-corrected chi connectivity index (χ1v) is 6.99. The molecule has 0 amide bonds. The van der Waals surface area contributed by atoms with E-state index in [1.807, 2.05) is 6.92 Å². The van der Waals surface area contributed by atoms with Gasteiger partial charge in [-0.05, 0) is 58.5 Å². The summed E-state index contributed by atoms with van der Waals surface area (Å²) in [6.07, 6.45) is 8.83. The van der Waals surface area contributed by atoms with Gasteiger partial charge < -0.3 is 10.0 Å². The minimum absolute atomic E-state index is 0.126. The van der Waals surface area contributed by atoms with Crippen molar-refractivity contribution in [2.45, 2.75) is 70.9 Å². The van der Waals surface area contributed by atoms with Crippen LogP contribution >= 0.6 is 0 Å².